The van der Waals surface area contributed by atoms with Crippen molar-refractivity contribution in [1.82, 2.24) is 0 Å². The maximum Gasteiger partial charge on any atom is 0.338 e. The zero-order chi connectivity index (χ0) is 19.6. The standard InChI is InChI=1S/C22H27NO4/c1-4-5-13-26-22(25)17-9-8-10-18(14-17)23-21(24)15-27-20-12-7-6-11-19(20)16(2)3/h6-12,14,16H,4-5,13,15H2,1-3H3,(H,23,24). The maximum absolute atomic E-state index is 12.2. The normalized spacial score (nSPS) is 10.5. The molecular formula is C22H27NO4. The Morgan fingerprint density at radius 3 is 2.59 bits per heavy atom. The lowest BCUT2D eigenvalue weighted by Gasteiger charge is -2.14. The lowest BCUT2D eigenvalue weighted by atomic mass is 10.0. The highest BCUT2D eigenvalue weighted by Gasteiger charge is 2.11. The molecule has 2 aromatic carbocycles. The fourth-order valence-corrected chi connectivity index (χ4v) is 2.55. The third-order valence-corrected chi connectivity index (χ3v) is 4.01. The molecule has 0 heterocycles. The molecule has 2 aromatic rings. The number of hydrogen-bond acceptors (Lipinski definition) is 4. The van der Waals surface area contributed by atoms with E-state index in [0.717, 1.165) is 18.4 Å². The van der Waals surface area contributed by atoms with E-state index < -0.39 is 0 Å². The van der Waals surface area contributed by atoms with Crippen LogP contribution in [-0.4, -0.2) is 25.1 Å². The highest BCUT2D eigenvalue weighted by molar-refractivity contribution is 5.95. The number of ether oxygens (including phenoxy) is 2. The summed E-state index contributed by atoms with van der Waals surface area (Å²) in [5, 5.41) is 2.75. The summed E-state index contributed by atoms with van der Waals surface area (Å²) in [7, 11) is 0. The van der Waals surface area contributed by atoms with Crippen LogP contribution in [0, 0.1) is 0 Å². The van der Waals surface area contributed by atoms with Gasteiger partial charge in [0.05, 0.1) is 12.2 Å². The van der Waals surface area contributed by atoms with Gasteiger partial charge in [-0.2, -0.15) is 0 Å². The van der Waals surface area contributed by atoms with E-state index in [4.69, 9.17) is 9.47 Å². The summed E-state index contributed by atoms with van der Waals surface area (Å²) < 4.78 is 10.9. The predicted molar refractivity (Wildman–Crippen MR) is 106 cm³/mol. The van der Waals surface area contributed by atoms with E-state index in [1.807, 2.05) is 31.2 Å². The molecule has 5 heteroatoms. The van der Waals surface area contributed by atoms with Crippen molar-refractivity contribution in [3.63, 3.8) is 0 Å². The maximum atomic E-state index is 12.2. The van der Waals surface area contributed by atoms with Gasteiger partial charge in [0.2, 0.25) is 0 Å². The first-order valence-electron chi connectivity index (χ1n) is 9.30. The summed E-state index contributed by atoms with van der Waals surface area (Å²) in [5.41, 5.74) is 2.00. The summed E-state index contributed by atoms with van der Waals surface area (Å²) in [6.07, 6.45) is 1.79. The third kappa shape index (κ3) is 6.44. The van der Waals surface area contributed by atoms with Crippen molar-refractivity contribution >= 4 is 17.6 Å². The van der Waals surface area contributed by atoms with Crippen LogP contribution in [0.2, 0.25) is 0 Å². The van der Waals surface area contributed by atoms with Gasteiger partial charge in [-0.25, -0.2) is 4.79 Å². The van der Waals surface area contributed by atoms with E-state index >= 15 is 0 Å². The van der Waals surface area contributed by atoms with Crippen molar-refractivity contribution in [2.24, 2.45) is 0 Å². The summed E-state index contributed by atoms with van der Waals surface area (Å²) in [4.78, 5) is 24.2. The van der Waals surface area contributed by atoms with Crippen molar-refractivity contribution in [1.29, 1.82) is 0 Å². The van der Waals surface area contributed by atoms with Crippen LogP contribution in [0.15, 0.2) is 48.5 Å². The first-order valence-corrected chi connectivity index (χ1v) is 9.30. The van der Waals surface area contributed by atoms with E-state index in [1.54, 1.807) is 24.3 Å². The molecule has 0 aliphatic heterocycles. The number of carbonyl (C=O) groups is 2. The van der Waals surface area contributed by atoms with Gasteiger partial charge in [-0.15, -0.1) is 0 Å². The number of rotatable bonds is 9. The third-order valence-electron chi connectivity index (χ3n) is 4.01. The van der Waals surface area contributed by atoms with Crippen molar-refractivity contribution in [3.05, 3.63) is 59.7 Å². The molecule has 144 valence electrons. The van der Waals surface area contributed by atoms with Crippen LogP contribution < -0.4 is 10.1 Å². The molecule has 1 N–H and O–H groups in total. The Hall–Kier alpha value is -2.82. The number of para-hydroxylation sites is 1. The minimum Gasteiger partial charge on any atom is -0.483 e. The molecule has 0 atom stereocenters. The number of benzene rings is 2. The number of hydrogen-bond donors (Lipinski definition) is 1. The molecule has 1 amide bonds. The minimum atomic E-state index is -0.387. The Morgan fingerprint density at radius 2 is 1.85 bits per heavy atom. The SMILES string of the molecule is CCCCOC(=O)c1cccc(NC(=O)COc2ccccc2C(C)C)c1. The zero-order valence-corrected chi connectivity index (χ0v) is 16.2. The molecule has 0 fully saturated rings. The quantitative estimate of drug-likeness (QED) is 0.510. The van der Waals surface area contributed by atoms with Gasteiger partial charge in [-0.1, -0.05) is 51.5 Å². The van der Waals surface area contributed by atoms with Gasteiger partial charge in [-0.3, -0.25) is 4.79 Å². The Bertz CT molecular complexity index is 770. The number of unbranched alkanes of at least 4 members (excludes halogenated alkanes) is 1. The van der Waals surface area contributed by atoms with Gasteiger partial charge < -0.3 is 14.8 Å². The van der Waals surface area contributed by atoms with Gasteiger partial charge in [0.25, 0.3) is 5.91 Å². The molecule has 0 unspecified atom stereocenters. The molecule has 2 rings (SSSR count). The first-order chi connectivity index (χ1) is 13.0. The number of esters is 1. The molecular weight excluding hydrogens is 342 g/mol. The summed E-state index contributed by atoms with van der Waals surface area (Å²) in [6, 6.07) is 14.4. The molecule has 0 radical (unpaired) electrons. The summed E-state index contributed by atoms with van der Waals surface area (Å²) >= 11 is 0. The fraction of sp³-hybridized carbons (Fsp3) is 0.364. The molecule has 0 aromatic heterocycles. The molecule has 0 saturated heterocycles. The van der Waals surface area contributed by atoms with Gasteiger partial charge in [0.15, 0.2) is 6.61 Å². The molecule has 27 heavy (non-hydrogen) atoms. The highest BCUT2D eigenvalue weighted by atomic mass is 16.5. The largest absolute Gasteiger partial charge is 0.483 e. The molecule has 0 aliphatic carbocycles. The number of amides is 1. The smallest absolute Gasteiger partial charge is 0.338 e. The lowest BCUT2D eigenvalue weighted by molar-refractivity contribution is -0.118. The van der Waals surface area contributed by atoms with E-state index in [9.17, 15) is 9.59 Å². The second kappa shape index (κ2) is 10.4. The Morgan fingerprint density at radius 1 is 1.07 bits per heavy atom. The monoisotopic (exact) mass is 369 g/mol. The van der Waals surface area contributed by atoms with E-state index in [-0.39, 0.29) is 18.5 Å². The Balaban J connectivity index is 1.92. The van der Waals surface area contributed by atoms with Crippen LogP contribution in [0.5, 0.6) is 5.75 Å². The second-order valence-corrected chi connectivity index (χ2v) is 6.60. The van der Waals surface area contributed by atoms with Crippen molar-refractivity contribution < 1.29 is 19.1 Å². The van der Waals surface area contributed by atoms with Crippen LogP contribution in [0.3, 0.4) is 0 Å². The van der Waals surface area contributed by atoms with Gasteiger partial charge in [0, 0.05) is 5.69 Å². The predicted octanol–water partition coefficient (Wildman–Crippen LogP) is 4.78. The number of anilines is 1. The van der Waals surface area contributed by atoms with Crippen LogP contribution in [0.25, 0.3) is 0 Å². The summed E-state index contributed by atoms with van der Waals surface area (Å²) in [5.74, 6) is 0.335. The average molecular weight is 369 g/mol. The number of nitrogens with one attached hydrogen (secondary N) is 1. The minimum absolute atomic E-state index is 0.102. The van der Waals surface area contributed by atoms with Gasteiger partial charge >= 0.3 is 5.97 Å². The van der Waals surface area contributed by atoms with Crippen LogP contribution in [0.4, 0.5) is 5.69 Å². The van der Waals surface area contributed by atoms with Crippen molar-refractivity contribution in [3.8, 4) is 5.75 Å². The Labute approximate surface area is 160 Å². The fourth-order valence-electron chi connectivity index (χ4n) is 2.55. The van der Waals surface area contributed by atoms with Crippen molar-refractivity contribution in [2.45, 2.75) is 39.5 Å². The van der Waals surface area contributed by atoms with Crippen LogP contribution in [0.1, 0.15) is 55.5 Å². The molecule has 5 nitrogen and oxygen atoms in total. The molecule has 0 aliphatic rings. The summed E-state index contributed by atoms with van der Waals surface area (Å²) in [6.45, 7) is 6.48. The average Bonchev–Trinajstić information content (AvgIpc) is 2.67. The molecule has 0 bridgehead atoms. The second-order valence-electron chi connectivity index (χ2n) is 6.60. The number of carbonyl (C=O) groups excluding carboxylic acids is 2. The van der Waals surface area contributed by atoms with Gasteiger partial charge in [0.1, 0.15) is 5.75 Å². The lowest BCUT2D eigenvalue weighted by Crippen LogP contribution is -2.20. The van der Waals surface area contributed by atoms with E-state index in [0.29, 0.717) is 29.5 Å². The Kier molecular flexibility index (Phi) is 7.86. The van der Waals surface area contributed by atoms with Crippen molar-refractivity contribution in [2.75, 3.05) is 18.5 Å². The zero-order valence-electron chi connectivity index (χ0n) is 16.2. The van der Waals surface area contributed by atoms with Crippen LogP contribution >= 0.6 is 0 Å². The van der Waals surface area contributed by atoms with E-state index in [1.165, 1.54) is 0 Å². The highest BCUT2D eigenvalue weighted by Crippen LogP contribution is 2.25. The van der Waals surface area contributed by atoms with Gasteiger partial charge in [-0.05, 0) is 42.2 Å². The van der Waals surface area contributed by atoms with E-state index in [2.05, 4.69) is 19.2 Å². The molecule has 0 spiro atoms. The topological polar surface area (TPSA) is 64.6 Å². The van der Waals surface area contributed by atoms with Crippen LogP contribution in [-0.2, 0) is 9.53 Å². The molecule has 0 saturated carbocycles. The first kappa shape index (κ1) is 20.5.